The van der Waals surface area contributed by atoms with E-state index in [9.17, 15) is 21.6 Å². The van der Waals surface area contributed by atoms with E-state index in [1.165, 1.54) is 24.3 Å². The topological polar surface area (TPSA) is 46.2 Å². The summed E-state index contributed by atoms with van der Waals surface area (Å²) < 4.78 is 57.8. The van der Waals surface area contributed by atoms with Crippen molar-refractivity contribution in [2.24, 2.45) is 0 Å². The molecule has 0 saturated heterocycles. The second-order valence-corrected chi connectivity index (χ2v) is 6.69. The molecule has 102 valence electrons. The number of hydrogen-bond acceptors (Lipinski definition) is 4. The first-order valence-electron chi connectivity index (χ1n) is 4.93. The zero-order valence-corrected chi connectivity index (χ0v) is 11.1. The number of benzene rings is 1. The molecule has 3 nitrogen and oxygen atoms in total. The van der Waals surface area contributed by atoms with Gasteiger partial charge in [-0.25, -0.2) is 8.42 Å². The highest BCUT2D eigenvalue weighted by molar-refractivity contribution is 8.00. The van der Waals surface area contributed by atoms with E-state index in [-0.39, 0.29) is 29.0 Å². The molecule has 1 rings (SSSR count). The van der Waals surface area contributed by atoms with Crippen LogP contribution in [-0.2, 0) is 9.84 Å². The molecule has 0 aliphatic rings. The van der Waals surface area contributed by atoms with Crippen molar-refractivity contribution >= 4 is 27.3 Å². The number of alkyl halides is 3. The highest BCUT2D eigenvalue weighted by atomic mass is 32.2. The quantitative estimate of drug-likeness (QED) is 0.849. The highest BCUT2D eigenvalue weighted by Gasteiger charge is 2.27. The molecular formula is C10H12F3NO2S2. The summed E-state index contributed by atoms with van der Waals surface area (Å²) in [7, 11) is -3.24. The first-order valence-corrected chi connectivity index (χ1v) is 7.81. The van der Waals surface area contributed by atoms with Crippen LogP contribution >= 0.6 is 11.8 Å². The Morgan fingerprint density at radius 1 is 1.22 bits per heavy atom. The van der Waals surface area contributed by atoms with Gasteiger partial charge in [-0.2, -0.15) is 13.2 Å². The van der Waals surface area contributed by atoms with E-state index >= 15 is 0 Å². The molecule has 0 amide bonds. The van der Waals surface area contributed by atoms with Gasteiger partial charge in [-0.05, 0) is 36.0 Å². The van der Waals surface area contributed by atoms with Gasteiger partial charge in [0.15, 0.2) is 9.84 Å². The maximum absolute atomic E-state index is 11.8. The van der Waals surface area contributed by atoms with Crippen LogP contribution in [0.5, 0.6) is 0 Å². The Morgan fingerprint density at radius 2 is 1.78 bits per heavy atom. The van der Waals surface area contributed by atoms with Crippen LogP contribution in [0.25, 0.3) is 0 Å². The molecule has 1 aromatic rings. The van der Waals surface area contributed by atoms with Gasteiger partial charge in [0.25, 0.3) is 0 Å². The third-order valence-electron chi connectivity index (χ3n) is 1.98. The lowest BCUT2D eigenvalue weighted by molar-refractivity contribution is -0.0327. The monoisotopic (exact) mass is 299 g/mol. The lowest BCUT2D eigenvalue weighted by Crippen LogP contribution is -2.09. The zero-order valence-electron chi connectivity index (χ0n) is 9.49. The fraction of sp³-hybridized carbons (Fsp3) is 0.400. The Balaban J connectivity index is 2.45. The minimum absolute atomic E-state index is 0.0982. The van der Waals surface area contributed by atoms with Gasteiger partial charge in [0.1, 0.15) is 0 Å². The molecule has 1 N–H and O–H groups in total. The third-order valence-corrected chi connectivity index (χ3v) is 3.84. The van der Waals surface area contributed by atoms with E-state index in [1.807, 2.05) is 0 Å². The number of thioether (sulfide) groups is 1. The van der Waals surface area contributed by atoms with Gasteiger partial charge < -0.3 is 5.32 Å². The Morgan fingerprint density at radius 3 is 2.22 bits per heavy atom. The summed E-state index contributed by atoms with van der Waals surface area (Å²) in [4.78, 5) is 0.178. The number of nitrogens with one attached hydrogen (secondary N) is 1. The van der Waals surface area contributed by atoms with E-state index in [0.717, 1.165) is 6.26 Å². The fourth-order valence-corrected chi connectivity index (χ4v) is 2.25. The molecule has 0 aliphatic heterocycles. The number of sulfone groups is 1. The van der Waals surface area contributed by atoms with Crippen LogP contribution in [0.4, 0.5) is 18.9 Å². The Kier molecular flexibility index (Phi) is 4.92. The maximum atomic E-state index is 11.8. The number of hydrogen-bond donors (Lipinski definition) is 1. The Labute approximate surface area is 108 Å². The van der Waals surface area contributed by atoms with Gasteiger partial charge >= 0.3 is 5.51 Å². The Hall–Kier alpha value is -0.890. The van der Waals surface area contributed by atoms with E-state index in [2.05, 4.69) is 5.32 Å². The van der Waals surface area contributed by atoms with Crippen LogP contribution in [0.2, 0.25) is 0 Å². The van der Waals surface area contributed by atoms with E-state index in [0.29, 0.717) is 5.69 Å². The van der Waals surface area contributed by atoms with E-state index in [1.54, 1.807) is 0 Å². The van der Waals surface area contributed by atoms with Gasteiger partial charge in [-0.3, -0.25) is 0 Å². The molecule has 0 aliphatic carbocycles. The smallest absolute Gasteiger partial charge is 0.384 e. The summed E-state index contributed by atoms with van der Waals surface area (Å²) in [5.41, 5.74) is -3.63. The summed E-state index contributed by atoms with van der Waals surface area (Å²) in [5.74, 6) is -0.0999. The lowest BCUT2D eigenvalue weighted by atomic mass is 10.3. The van der Waals surface area contributed by atoms with Crippen LogP contribution in [-0.4, -0.2) is 32.5 Å². The average molecular weight is 299 g/mol. The predicted octanol–water partition coefficient (Wildman–Crippen LogP) is 2.76. The second-order valence-electron chi connectivity index (χ2n) is 3.52. The molecule has 0 saturated carbocycles. The van der Waals surface area contributed by atoms with Crippen molar-refractivity contribution in [1.29, 1.82) is 0 Å². The molecule has 1 aromatic carbocycles. The number of anilines is 1. The van der Waals surface area contributed by atoms with Crippen LogP contribution in [0, 0.1) is 0 Å². The molecule has 0 atom stereocenters. The first-order chi connectivity index (χ1) is 8.18. The number of rotatable bonds is 5. The third kappa shape index (κ3) is 5.63. The van der Waals surface area contributed by atoms with Crippen molar-refractivity contribution in [3.8, 4) is 0 Å². The normalized spacial score (nSPS) is 12.4. The van der Waals surface area contributed by atoms with Gasteiger partial charge in [0.05, 0.1) is 4.90 Å². The standard InChI is InChI=1S/C10H12F3NO2S2/c1-18(15,16)9-4-2-8(3-5-9)14-6-7-17-10(11,12)13/h2-5,14H,6-7H2,1H3. The molecule has 0 radical (unpaired) electrons. The summed E-state index contributed by atoms with van der Waals surface area (Å²) in [6.45, 7) is 0.155. The summed E-state index contributed by atoms with van der Waals surface area (Å²) in [6, 6.07) is 5.87. The molecular weight excluding hydrogens is 287 g/mol. The van der Waals surface area contributed by atoms with Gasteiger partial charge in [0, 0.05) is 24.2 Å². The van der Waals surface area contributed by atoms with E-state index in [4.69, 9.17) is 0 Å². The number of halogens is 3. The summed E-state index contributed by atoms with van der Waals surface area (Å²) >= 11 is -0.0982. The molecule has 0 aromatic heterocycles. The molecule has 18 heavy (non-hydrogen) atoms. The highest BCUT2D eigenvalue weighted by Crippen LogP contribution is 2.29. The Bertz CT molecular complexity index is 483. The van der Waals surface area contributed by atoms with Crippen molar-refractivity contribution in [2.45, 2.75) is 10.4 Å². The van der Waals surface area contributed by atoms with Crippen LogP contribution < -0.4 is 5.32 Å². The van der Waals surface area contributed by atoms with Gasteiger partial charge in [-0.1, -0.05) is 0 Å². The largest absolute Gasteiger partial charge is 0.441 e. The minimum atomic E-state index is -4.22. The summed E-state index contributed by atoms with van der Waals surface area (Å²) in [6.07, 6.45) is 1.09. The van der Waals surface area contributed by atoms with Gasteiger partial charge in [-0.15, -0.1) is 0 Å². The van der Waals surface area contributed by atoms with E-state index < -0.39 is 15.3 Å². The second kappa shape index (κ2) is 5.83. The molecule has 0 spiro atoms. The van der Waals surface area contributed by atoms with Crippen LogP contribution in [0.15, 0.2) is 29.2 Å². The maximum Gasteiger partial charge on any atom is 0.441 e. The molecule has 0 bridgehead atoms. The SMILES string of the molecule is CS(=O)(=O)c1ccc(NCCSC(F)(F)F)cc1. The lowest BCUT2D eigenvalue weighted by Gasteiger charge is -2.08. The molecule has 8 heteroatoms. The van der Waals surface area contributed by atoms with Gasteiger partial charge in [0.2, 0.25) is 0 Å². The fourth-order valence-electron chi connectivity index (χ4n) is 1.18. The summed E-state index contributed by atoms with van der Waals surface area (Å²) in [5, 5.41) is 2.78. The van der Waals surface area contributed by atoms with Crippen LogP contribution in [0.1, 0.15) is 0 Å². The van der Waals surface area contributed by atoms with Crippen LogP contribution in [0.3, 0.4) is 0 Å². The molecule has 0 heterocycles. The zero-order chi connectivity index (χ0) is 13.8. The minimum Gasteiger partial charge on any atom is -0.384 e. The average Bonchev–Trinajstić information content (AvgIpc) is 2.22. The predicted molar refractivity (Wildman–Crippen MR) is 66.6 cm³/mol. The molecule has 0 fully saturated rings. The van der Waals surface area contributed by atoms with Crippen molar-refractivity contribution in [3.63, 3.8) is 0 Å². The van der Waals surface area contributed by atoms with Crippen molar-refractivity contribution in [1.82, 2.24) is 0 Å². The first kappa shape index (κ1) is 15.2. The molecule has 0 unspecified atom stereocenters. The van der Waals surface area contributed by atoms with Crippen molar-refractivity contribution in [2.75, 3.05) is 23.9 Å². The van der Waals surface area contributed by atoms with Crippen molar-refractivity contribution < 1.29 is 21.6 Å². The van der Waals surface area contributed by atoms with Crippen molar-refractivity contribution in [3.05, 3.63) is 24.3 Å².